The van der Waals surface area contributed by atoms with Gasteiger partial charge < -0.3 is 5.11 Å². The van der Waals surface area contributed by atoms with Crippen LogP contribution in [-0.2, 0) is 0 Å². The average molecular weight is 172 g/mol. The largest absolute Gasteiger partial charge is 0.390 e. The molecule has 0 bridgehead atoms. The monoisotopic (exact) mass is 172 g/mol. The van der Waals surface area contributed by atoms with Crippen molar-refractivity contribution in [3.8, 4) is 0 Å². The zero-order valence-electron chi connectivity index (χ0n) is 9.28. The Hall–Kier alpha value is -0.0400. The fraction of sp³-hybridized carbons (Fsp3) is 1.00. The van der Waals surface area contributed by atoms with E-state index in [0.29, 0.717) is 5.41 Å². The van der Waals surface area contributed by atoms with E-state index in [4.69, 9.17) is 0 Å². The molecule has 0 aliphatic heterocycles. The molecule has 0 spiro atoms. The van der Waals surface area contributed by atoms with Crippen molar-refractivity contribution >= 4 is 0 Å². The van der Waals surface area contributed by atoms with Gasteiger partial charge in [-0.05, 0) is 31.1 Å². The third-order valence-electron chi connectivity index (χ3n) is 2.66. The quantitative estimate of drug-likeness (QED) is 0.689. The Kier molecular flexibility index (Phi) is 4.25. The van der Waals surface area contributed by atoms with Gasteiger partial charge in [0.05, 0.1) is 5.60 Å². The first-order valence-electron chi connectivity index (χ1n) is 5.05. The van der Waals surface area contributed by atoms with Crippen LogP contribution in [0.3, 0.4) is 0 Å². The Balaban J connectivity index is 3.89. The van der Waals surface area contributed by atoms with Crippen molar-refractivity contribution in [2.45, 2.75) is 65.9 Å². The molecule has 0 saturated carbocycles. The maximum atomic E-state index is 9.99. The fourth-order valence-corrected chi connectivity index (χ4v) is 1.21. The second-order valence-electron chi connectivity index (χ2n) is 4.99. The highest BCUT2D eigenvalue weighted by atomic mass is 16.3. The van der Waals surface area contributed by atoms with Gasteiger partial charge >= 0.3 is 0 Å². The van der Waals surface area contributed by atoms with Crippen molar-refractivity contribution in [2.24, 2.45) is 5.41 Å². The van der Waals surface area contributed by atoms with Crippen LogP contribution in [0.15, 0.2) is 0 Å². The van der Waals surface area contributed by atoms with Crippen LogP contribution in [0.1, 0.15) is 60.3 Å². The van der Waals surface area contributed by atoms with Gasteiger partial charge in [-0.25, -0.2) is 0 Å². The van der Waals surface area contributed by atoms with Gasteiger partial charge in [0.2, 0.25) is 0 Å². The second-order valence-corrected chi connectivity index (χ2v) is 4.99. The predicted molar refractivity (Wildman–Crippen MR) is 54.2 cm³/mol. The molecule has 0 atom stereocenters. The number of hydrogen-bond donors (Lipinski definition) is 1. The highest BCUT2D eigenvalue weighted by molar-refractivity contribution is 4.77. The lowest BCUT2D eigenvalue weighted by Gasteiger charge is -2.29. The van der Waals surface area contributed by atoms with Gasteiger partial charge in [0.15, 0.2) is 0 Å². The van der Waals surface area contributed by atoms with E-state index in [-0.39, 0.29) is 0 Å². The van der Waals surface area contributed by atoms with Gasteiger partial charge in [0, 0.05) is 0 Å². The highest BCUT2D eigenvalue weighted by Gasteiger charge is 2.24. The molecule has 74 valence electrons. The summed E-state index contributed by atoms with van der Waals surface area (Å²) in [6, 6.07) is 0. The zero-order valence-corrected chi connectivity index (χ0v) is 9.28. The van der Waals surface area contributed by atoms with Crippen molar-refractivity contribution in [2.75, 3.05) is 0 Å². The summed E-state index contributed by atoms with van der Waals surface area (Å²) in [7, 11) is 0. The summed E-state index contributed by atoms with van der Waals surface area (Å²) >= 11 is 0. The van der Waals surface area contributed by atoms with Crippen molar-refractivity contribution < 1.29 is 5.11 Å². The van der Waals surface area contributed by atoms with E-state index in [1.54, 1.807) is 0 Å². The van der Waals surface area contributed by atoms with E-state index in [9.17, 15) is 5.11 Å². The summed E-state index contributed by atoms with van der Waals surface area (Å²) in [5, 5.41) is 9.99. The fourth-order valence-electron chi connectivity index (χ4n) is 1.21. The van der Waals surface area contributed by atoms with E-state index in [0.717, 1.165) is 25.7 Å². The smallest absolute Gasteiger partial charge is 0.0642 e. The van der Waals surface area contributed by atoms with Crippen molar-refractivity contribution in [1.29, 1.82) is 0 Å². The summed E-state index contributed by atoms with van der Waals surface area (Å²) in [6.07, 6.45) is 3.79. The Labute approximate surface area is 77.2 Å². The number of aliphatic hydroxyl groups is 1. The summed E-state index contributed by atoms with van der Waals surface area (Å²) in [5.41, 5.74) is -0.0639. The minimum atomic E-state index is -0.409. The summed E-state index contributed by atoms with van der Waals surface area (Å²) in [6.45, 7) is 10.8. The van der Waals surface area contributed by atoms with Gasteiger partial charge in [-0.15, -0.1) is 0 Å². The molecule has 0 unspecified atom stereocenters. The van der Waals surface area contributed by atoms with Gasteiger partial charge in [-0.2, -0.15) is 0 Å². The first kappa shape index (κ1) is 12.0. The molecule has 0 heterocycles. The molecule has 1 heteroatoms. The van der Waals surface area contributed by atoms with Crippen LogP contribution < -0.4 is 0 Å². The molecule has 0 aromatic heterocycles. The molecule has 0 aromatic carbocycles. The number of hydrogen-bond acceptors (Lipinski definition) is 1. The maximum Gasteiger partial charge on any atom is 0.0642 e. The molecular weight excluding hydrogens is 148 g/mol. The summed E-state index contributed by atoms with van der Waals surface area (Å²) < 4.78 is 0. The molecule has 0 aliphatic rings. The van der Waals surface area contributed by atoms with Gasteiger partial charge in [0.1, 0.15) is 0 Å². The number of rotatable bonds is 4. The Bertz CT molecular complexity index is 117. The van der Waals surface area contributed by atoms with E-state index in [1.165, 1.54) is 0 Å². The minimum absolute atomic E-state index is 0.346. The maximum absolute atomic E-state index is 9.99. The molecule has 0 saturated heterocycles. The van der Waals surface area contributed by atoms with E-state index in [1.807, 2.05) is 0 Å². The minimum Gasteiger partial charge on any atom is -0.390 e. The SMILES string of the molecule is CCC(O)(CC)CCC(C)(C)C. The molecule has 1 N–H and O–H groups in total. The molecule has 1 nitrogen and oxygen atoms in total. The van der Waals surface area contributed by atoms with Gasteiger partial charge in [0.25, 0.3) is 0 Å². The van der Waals surface area contributed by atoms with E-state index < -0.39 is 5.60 Å². The van der Waals surface area contributed by atoms with Crippen LogP contribution in [0.4, 0.5) is 0 Å². The van der Waals surface area contributed by atoms with Crippen molar-refractivity contribution in [3.63, 3.8) is 0 Å². The molecule has 0 radical (unpaired) electrons. The Morgan fingerprint density at radius 3 is 1.58 bits per heavy atom. The first-order valence-corrected chi connectivity index (χ1v) is 5.05. The first-order chi connectivity index (χ1) is 5.33. The van der Waals surface area contributed by atoms with Crippen LogP contribution in [0.2, 0.25) is 0 Å². The van der Waals surface area contributed by atoms with Crippen LogP contribution in [-0.4, -0.2) is 10.7 Å². The lowest BCUT2D eigenvalue weighted by atomic mass is 9.82. The lowest BCUT2D eigenvalue weighted by Crippen LogP contribution is -2.28. The lowest BCUT2D eigenvalue weighted by molar-refractivity contribution is 0.0135. The summed E-state index contributed by atoms with van der Waals surface area (Å²) in [4.78, 5) is 0. The Morgan fingerprint density at radius 2 is 1.33 bits per heavy atom. The van der Waals surface area contributed by atoms with Crippen LogP contribution >= 0.6 is 0 Å². The van der Waals surface area contributed by atoms with Crippen molar-refractivity contribution in [3.05, 3.63) is 0 Å². The topological polar surface area (TPSA) is 20.2 Å². The normalized spacial score (nSPS) is 13.5. The molecule has 0 rings (SSSR count). The van der Waals surface area contributed by atoms with Gasteiger partial charge in [-0.1, -0.05) is 34.6 Å². The third kappa shape index (κ3) is 4.76. The molecule has 0 aliphatic carbocycles. The molecule has 0 aromatic rings. The molecule has 0 amide bonds. The van der Waals surface area contributed by atoms with Crippen LogP contribution in [0, 0.1) is 5.41 Å². The second kappa shape index (κ2) is 4.27. The molecule has 12 heavy (non-hydrogen) atoms. The van der Waals surface area contributed by atoms with Gasteiger partial charge in [-0.3, -0.25) is 0 Å². The van der Waals surface area contributed by atoms with Crippen LogP contribution in [0.25, 0.3) is 0 Å². The van der Waals surface area contributed by atoms with E-state index in [2.05, 4.69) is 34.6 Å². The Morgan fingerprint density at radius 1 is 0.917 bits per heavy atom. The van der Waals surface area contributed by atoms with Crippen molar-refractivity contribution in [1.82, 2.24) is 0 Å². The predicted octanol–water partition coefficient (Wildman–Crippen LogP) is 3.36. The average Bonchev–Trinajstić information content (AvgIpc) is 1.99. The van der Waals surface area contributed by atoms with Crippen LogP contribution in [0.5, 0.6) is 0 Å². The third-order valence-corrected chi connectivity index (χ3v) is 2.66. The standard InChI is InChI=1S/C11H24O/c1-6-11(12,7-2)9-8-10(3,4)5/h12H,6-9H2,1-5H3. The molecule has 0 fully saturated rings. The molecular formula is C11H24O. The summed E-state index contributed by atoms with van der Waals surface area (Å²) in [5.74, 6) is 0. The highest BCUT2D eigenvalue weighted by Crippen LogP contribution is 2.28. The zero-order chi connectivity index (χ0) is 9.83. The van der Waals surface area contributed by atoms with E-state index >= 15 is 0 Å².